The van der Waals surface area contributed by atoms with Crippen LogP contribution in [-0.2, 0) is 93.7 Å². The molecule has 23 N–H and O–H groups in total. The molecule has 37 nitrogen and oxygen atoms in total. The average molecular weight is 1470 g/mol. The van der Waals surface area contributed by atoms with Gasteiger partial charge in [-0.3, -0.25) is 76.7 Å². The number of carbonyl (C=O) groups is 17. The second kappa shape index (κ2) is 46.1. The zero-order valence-corrected chi connectivity index (χ0v) is 58.2. The number of nitrogens with one attached hydrogen (secondary N) is 10. The second-order valence-corrected chi connectivity index (χ2v) is 25.6. The smallest absolute Gasteiger partial charge is 0.326 e. The summed E-state index contributed by atoms with van der Waals surface area (Å²) in [6, 6.07) is -4.07. The third-order valence-corrected chi connectivity index (χ3v) is 16.9. The molecular formula is C65H95N13O24S. The molecule has 0 aliphatic rings. The number of carbonyl (C=O) groups excluding carboxylic acids is 11. The third kappa shape index (κ3) is 34.6. The van der Waals surface area contributed by atoms with Gasteiger partial charge < -0.3 is 106 Å². The third-order valence-electron chi connectivity index (χ3n) is 15.8. The van der Waals surface area contributed by atoms with E-state index in [0.29, 0.717) is 17.7 Å². The highest BCUT2D eigenvalue weighted by molar-refractivity contribution is 7.98. The van der Waals surface area contributed by atoms with Crippen LogP contribution in [0.25, 0.3) is 0 Å². The fourth-order valence-corrected chi connectivity index (χ4v) is 10.8. The molecule has 2 aromatic rings. The van der Waals surface area contributed by atoms with Crippen LogP contribution in [0.3, 0.4) is 0 Å². The van der Waals surface area contributed by atoms with E-state index in [1.807, 2.05) is 5.32 Å². The van der Waals surface area contributed by atoms with Crippen molar-refractivity contribution in [2.45, 2.75) is 203 Å². The van der Waals surface area contributed by atoms with E-state index in [4.69, 9.17) is 22.3 Å². The van der Waals surface area contributed by atoms with E-state index < -0.39 is 250 Å². The monoisotopic (exact) mass is 1470 g/mol. The van der Waals surface area contributed by atoms with Crippen molar-refractivity contribution in [3.05, 3.63) is 65.7 Å². The summed E-state index contributed by atoms with van der Waals surface area (Å²) in [5.41, 5.74) is 18.7. The fraction of sp³-hybridized carbons (Fsp3) is 0.554. The average Bonchev–Trinajstić information content (AvgIpc) is 0.855. The number of rotatable bonds is 51. The molecular weight excluding hydrogens is 1380 g/mol. The molecule has 0 fully saturated rings. The van der Waals surface area contributed by atoms with E-state index in [9.17, 15) is 112 Å². The molecule has 38 heteroatoms. The topological polar surface area (TPSA) is 630 Å². The zero-order chi connectivity index (χ0) is 77.6. The van der Waals surface area contributed by atoms with Crippen LogP contribution in [-0.4, -0.2) is 215 Å². The fourth-order valence-electron chi connectivity index (χ4n) is 9.77. The molecule has 0 aliphatic heterocycles. The number of nitrogens with two attached hydrogens (primary N) is 3. The molecule has 0 spiro atoms. The molecule has 2 aromatic carbocycles. The molecule has 103 heavy (non-hydrogen) atoms. The van der Waals surface area contributed by atoms with E-state index in [1.165, 1.54) is 37.7 Å². The number of unbranched alkanes of at least 4 members (excludes halogenated alkanes) is 1. The van der Waals surface area contributed by atoms with Gasteiger partial charge in [-0.2, -0.15) is 11.8 Å². The second-order valence-electron chi connectivity index (χ2n) is 24.5. The number of carboxylic acids is 6. The van der Waals surface area contributed by atoms with Gasteiger partial charge in [0.25, 0.3) is 0 Å². The summed E-state index contributed by atoms with van der Waals surface area (Å²) in [7, 11) is 0. The van der Waals surface area contributed by atoms with Crippen LogP contribution in [0.15, 0.2) is 54.6 Å². The number of amides is 11. The van der Waals surface area contributed by atoms with Crippen LogP contribution in [0.4, 0.5) is 0 Å². The summed E-state index contributed by atoms with van der Waals surface area (Å²) < 4.78 is 0. The van der Waals surface area contributed by atoms with Gasteiger partial charge in [0.2, 0.25) is 65.0 Å². The van der Waals surface area contributed by atoms with E-state index in [2.05, 4.69) is 47.9 Å². The number of carboxylic acid groups (broad SMARTS) is 6. The normalized spacial score (nSPS) is 14.5. The number of thioether (sulfide) groups is 1. The molecule has 0 radical (unpaired) electrons. The van der Waals surface area contributed by atoms with Gasteiger partial charge in [-0.1, -0.05) is 76.6 Å². The summed E-state index contributed by atoms with van der Waals surface area (Å²) in [6.07, 6.45) is -8.14. The Labute approximate surface area is 596 Å². The number of hydrogen-bond acceptors (Lipinski definition) is 21. The maximum absolute atomic E-state index is 14.5. The number of aliphatic carboxylic acids is 6. The molecule has 570 valence electrons. The van der Waals surface area contributed by atoms with Gasteiger partial charge in [-0.25, -0.2) is 4.79 Å². The Morgan fingerprint density at radius 2 is 0.796 bits per heavy atom. The molecule has 0 aromatic heterocycles. The van der Waals surface area contributed by atoms with E-state index >= 15 is 0 Å². The number of phenolic OH excluding ortho intramolecular Hbond substituents is 1. The van der Waals surface area contributed by atoms with E-state index in [1.54, 1.807) is 56.3 Å². The first kappa shape index (κ1) is 88.6. The summed E-state index contributed by atoms with van der Waals surface area (Å²) in [5.74, 6) is -23.3. The molecule has 0 saturated heterocycles. The summed E-state index contributed by atoms with van der Waals surface area (Å²) >= 11 is 1.19. The number of primary amides is 1. The number of hydrogen-bond donors (Lipinski definition) is 20. The lowest BCUT2D eigenvalue weighted by molar-refractivity contribution is -0.144. The molecule has 0 saturated carbocycles. The molecule has 0 unspecified atom stereocenters. The van der Waals surface area contributed by atoms with Crippen LogP contribution in [0.5, 0.6) is 5.75 Å². The lowest BCUT2D eigenvalue weighted by Gasteiger charge is -2.29. The van der Waals surface area contributed by atoms with Gasteiger partial charge in [-0.05, 0) is 99.4 Å². The predicted molar refractivity (Wildman–Crippen MR) is 365 cm³/mol. The van der Waals surface area contributed by atoms with Gasteiger partial charge >= 0.3 is 35.8 Å². The molecule has 11 amide bonds. The minimum atomic E-state index is -2.22. The minimum absolute atomic E-state index is 0.0153. The highest BCUT2D eigenvalue weighted by Gasteiger charge is 2.38. The first-order valence-corrected chi connectivity index (χ1v) is 34.1. The van der Waals surface area contributed by atoms with Crippen LogP contribution >= 0.6 is 11.8 Å². The van der Waals surface area contributed by atoms with Crippen LogP contribution < -0.4 is 70.4 Å². The van der Waals surface area contributed by atoms with Gasteiger partial charge in [0.1, 0.15) is 66.2 Å². The van der Waals surface area contributed by atoms with Crippen molar-refractivity contribution in [1.29, 1.82) is 0 Å². The summed E-state index contributed by atoms with van der Waals surface area (Å²) in [5, 5.41) is 90.6. The first-order valence-electron chi connectivity index (χ1n) is 33.0. The van der Waals surface area contributed by atoms with Crippen molar-refractivity contribution < 1.29 is 117 Å². The highest BCUT2D eigenvalue weighted by atomic mass is 32.2. The van der Waals surface area contributed by atoms with Crippen LogP contribution in [0, 0.1) is 11.8 Å². The quantitative estimate of drug-likeness (QED) is 0.0297. The number of benzene rings is 2. The van der Waals surface area contributed by atoms with E-state index in [-0.39, 0.29) is 43.7 Å². The lowest BCUT2D eigenvalue weighted by Crippen LogP contribution is -2.62. The summed E-state index contributed by atoms with van der Waals surface area (Å²) in [4.78, 5) is 224. The highest BCUT2D eigenvalue weighted by Crippen LogP contribution is 2.18. The molecule has 0 heterocycles. The Hall–Kier alpha value is -10.5. The summed E-state index contributed by atoms with van der Waals surface area (Å²) in [6.45, 7) is 6.27. The van der Waals surface area contributed by atoms with Gasteiger partial charge in [-0.15, -0.1) is 0 Å². The molecule has 0 bridgehead atoms. The SMILES string of the molecule is CC[C@H](C)[C@H](NC(=O)[C@@H](N)Cc1ccc(O)cc1)C(=O)N[C@@H](CSCc1ccccc1)C(=O)N[C@@H](CCC(=O)O)C(=O)N[C@H](C(=O)N[C@@H](CCC(=O)O)C(=O)N[C@@H](CC(=O)O)C(=O)N[C@@H](CCC(N)=O)C(=O)N[C@@H](CCCCN)C(=O)N[C@@H](CCC(=O)O)C(=O)N[C@@H](CCC(=O)O)C(=O)O)C(C)C. The minimum Gasteiger partial charge on any atom is -0.508 e. The van der Waals surface area contributed by atoms with Crippen molar-refractivity contribution in [2.24, 2.45) is 29.0 Å². The first-order chi connectivity index (χ1) is 48.5. The zero-order valence-electron chi connectivity index (χ0n) is 57.3. The number of phenols is 1. The Kier molecular flexibility index (Phi) is 39.6. The molecule has 0 aliphatic carbocycles. The van der Waals surface area contributed by atoms with Gasteiger partial charge in [0.15, 0.2) is 0 Å². The van der Waals surface area contributed by atoms with Crippen molar-refractivity contribution in [3.8, 4) is 5.75 Å². The molecule has 12 atom stereocenters. The van der Waals surface area contributed by atoms with Crippen molar-refractivity contribution in [3.63, 3.8) is 0 Å². The van der Waals surface area contributed by atoms with Crippen molar-refractivity contribution in [2.75, 3.05) is 12.3 Å². The van der Waals surface area contributed by atoms with Crippen LogP contribution in [0.2, 0.25) is 0 Å². The molecule has 2 rings (SSSR count). The lowest BCUT2D eigenvalue weighted by atomic mass is 9.97. The van der Waals surface area contributed by atoms with Crippen molar-refractivity contribution in [1.82, 2.24) is 53.2 Å². The Balaban J connectivity index is 2.54. The standard InChI is InChI=1S/C65H95N13O24S/c1-5-34(4)54(78-55(91)38(67)29-35-14-16-37(79)17-15-35)64(100)76-46(32-103-31-36-11-7-6-8-12-36)62(98)72-43(21-26-50(85)86)60(96)77-53(33(2)3)63(99)73-42(20-25-49(83)84)59(95)75-45(30-52(89)90)61(97)71-40(18-23-47(68)80)57(93)69-39(13-9-10-28-66)56(92)70-41(19-24-48(81)82)58(94)74-44(65(101)102)22-27-51(87)88/h6-8,11-12,14-17,33-34,38-46,53-54,79H,5,9-10,13,18-32,66-67H2,1-4H3,(H2,68,80)(H,69,93)(H,70,92)(H,71,97)(H,72,98)(H,73,99)(H,74,94)(H,75,95)(H,76,100)(H,77,96)(H,78,91)(H,81,82)(H,83,84)(H,85,86)(H,87,88)(H,89,90)(H,101,102)/t34-,38-,39-,40-,41-,42-,43-,44-,45-,46-,53-,54-/m0/s1. The number of aromatic hydroxyl groups is 1. The van der Waals surface area contributed by atoms with E-state index in [0.717, 1.165) is 5.56 Å². The Morgan fingerprint density at radius 3 is 1.22 bits per heavy atom. The van der Waals surface area contributed by atoms with Crippen molar-refractivity contribution >= 4 is 113 Å². The Bertz CT molecular complexity index is 3270. The maximum Gasteiger partial charge on any atom is 0.326 e. The predicted octanol–water partition coefficient (Wildman–Crippen LogP) is -2.84. The van der Waals surface area contributed by atoms with Crippen LogP contribution in [0.1, 0.15) is 135 Å². The van der Waals surface area contributed by atoms with Gasteiger partial charge in [0, 0.05) is 43.6 Å². The largest absolute Gasteiger partial charge is 0.508 e. The van der Waals surface area contributed by atoms with Gasteiger partial charge in [0.05, 0.1) is 12.5 Å². The maximum atomic E-state index is 14.5. The Morgan fingerprint density at radius 1 is 0.417 bits per heavy atom.